The first-order valence-corrected chi connectivity index (χ1v) is 10.0. The molecule has 166 valence electrons. The van der Waals surface area contributed by atoms with Crippen molar-refractivity contribution in [1.82, 2.24) is 4.98 Å². The van der Waals surface area contributed by atoms with E-state index in [1.165, 1.54) is 29.4 Å². The van der Waals surface area contributed by atoms with Crippen LogP contribution in [0.2, 0.25) is 10.0 Å². The maximum absolute atomic E-state index is 12.5. The maximum Gasteiger partial charge on any atom is 0.326 e. The molecule has 3 rings (SSSR count). The van der Waals surface area contributed by atoms with Gasteiger partial charge in [0, 0.05) is 38.5 Å². The molecule has 0 aliphatic carbocycles. The Hall–Kier alpha value is -3.43. The molecule has 0 saturated carbocycles. The van der Waals surface area contributed by atoms with Gasteiger partial charge in [0.2, 0.25) is 0 Å². The lowest BCUT2D eigenvalue weighted by molar-refractivity contribution is -0.137. The van der Waals surface area contributed by atoms with Gasteiger partial charge in [-0.05, 0) is 17.7 Å². The molecule has 0 radical (unpaired) electrons. The van der Waals surface area contributed by atoms with Crippen molar-refractivity contribution in [2.45, 2.75) is 12.5 Å². The smallest absolute Gasteiger partial charge is 0.326 e. The van der Waals surface area contributed by atoms with Gasteiger partial charge < -0.3 is 20.6 Å². The number of nitrogens with one attached hydrogen (secondary N) is 2. The van der Waals surface area contributed by atoms with Crippen LogP contribution in [0.1, 0.15) is 15.9 Å². The van der Waals surface area contributed by atoms with Crippen molar-refractivity contribution in [3.63, 3.8) is 0 Å². The van der Waals surface area contributed by atoms with E-state index in [9.17, 15) is 24.3 Å². The topological polar surface area (TPSA) is 129 Å². The zero-order valence-electron chi connectivity index (χ0n) is 17.0. The van der Waals surface area contributed by atoms with Crippen molar-refractivity contribution in [3.05, 3.63) is 78.3 Å². The van der Waals surface area contributed by atoms with Gasteiger partial charge in [-0.25, -0.2) is 4.79 Å². The number of anilines is 3. The first-order valence-electron chi connectivity index (χ1n) is 9.29. The second-order valence-electron chi connectivity index (χ2n) is 7.14. The van der Waals surface area contributed by atoms with Gasteiger partial charge in [-0.2, -0.15) is 0 Å². The minimum atomic E-state index is -1.19. The van der Waals surface area contributed by atoms with E-state index in [1.807, 2.05) is 0 Å². The molecule has 2 aromatic carbocycles. The second-order valence-corrected chi connectivity index (χ2v) is 7.96. The van der Waals surface area contributed by atoms with Crippen molar-refractivity contribution in [2.75, 3.05) is 29.6 Å². The van der Waals surface area contributed by atoms with E-state index < -0.39 is 28.8 Å². The van der Waals surface area contributed by atoms with Crippen LogP contribution in [0.15, 0.2) is 46.2 Å². The van der Waals surface area contributed by atoms with Gasteiger partial charge >= 0.3 is 5.97 Å². The zero-order chi connectivity index (χ0) is 23.6. The molecular weight excluding hydrogens is 459 g/mol. The fourth-order valence-electron chi connectivity index (χ4n) is 3.06. The number of hydrogen-bond donors (Lipinski definition) is 3. The zero-order valence-corrected chi connectivity index (χ0v) is 18.5. The Morgan fingerprint density at radius 1 is 1.03 bits per heavy atom. The molecule has 1 heterocycles. The molecule has 32 heavy (non-hydrogen) atoms. The van der Waals surface area contributed by atoms with Gasteiger partial charge in [-0.3, -0.25) is 19.4 Å². The number of amides is 1. The van der Waals surface area contributed by atoms with Crippen molar-refractivity contribution in [2.24, 2.45) is 0 Å². The van der Waals surface area contributed by atoms with Gasteiger partial charge in [-0.15, -0.1) is 0 Å². The van der Waals surface area contributed by atoms with Crippen LogP contribution >= 0.6 is 23.2 Å². The van der Waals surface area contributed by atoms with Gasteiger partial charge in [0.15, 0.2) is 0 Å². The summed E-state index contributed by atoms with van der Waals surface area (Å²) in [5.74, 6) is -1.65. The maximum atomic E-state index is 12.5. The molecule has 0 bridgehead atoms. The Morgan fingerprint density at radius 3 is 2.16 bits per heavy atom. The molecule has 1 aromatic heterocycles. The van der Waals surface area contributed by atoms with Crippen LogP contribution in [0.4, 0.5) is 17.1 Å². The largest absolute Gasteiger partial charge is 0.480 e. The number of carboxylic acid groups (broad SMARTS) is 1. The number of rotatable bonds is 8. The molecule has 0 saturated heterocycles. The summed E-state index contributed by atoms with van der Waals surface area (Å²) < 4.78 is 0. The first-order chi connectivity index (χ1) is 15.1. The van der Waals surface area contributed by atoms with E-state index in [0.29, 0.717) is 11.1 Å². The standard InChI is InChI=1S/C21H18Cl2N4O5/c1-27(2)17-16(18(28)19(17)29)25-14(21(31)32)7-10-3-5-11(6-4-10)20(30)26-15-12(22)8-24-9-13(15)23/h3-6,8-9,14,25H,7H2,1-2H3,(H,31,32)(H,24,26,30)/t14-/m0/s1. The Kier molecular flexibility index (Phi) is 6.81. The number of pyridine rings is 1. The lowest BCUT2D eigenvalue weighted by atomic mass is 10.0. The number of halogens is 2. The van der Waals surface area contributed by atoms with E-state index in [-0.39, 0.29) is 33.5 Å². The predicted molar refractivity (Wildman–Crippen MR) is 123 cm³/mol. The number of carbonyl (C=O) groups is 2. The Morgan fingerprint density at radius 2 is 1.62 bits per heavy atom. The Balaban J connectivity index is 1.73. The van der Waals surface area contributed by atoms with E-state index in [2.05, 4.69) is 15.6 Å². The lowest BCUT2D eigenvalue weighted by Crippen LogP contribution is -2.44. The van der Waals surface area contributed by atoms with Crippen molar-refractivity contribution in [1.29, 1.82) is 0 Å². The molecule has 0 aliphatic rings. The number of nitrogens with zero attached hydrogens (tertiary/aromatic N) is 2. The fraction of sp³-hybridized carbons (Fsp3) is 0.190. The van der Waals surface area contributed by atoms with Gasteiger partial charge in [0.1, 0.15) is 17.4 Å². The van der Waals surface area contributed by atoms with Crippen molar-refractivity contribution in [3.8, 4) is 0 Å². The number of hydrogen-bond acceptors (Lipinski definition) is 7. The molecule has 0 unspecified atom stereocenters. The number of aromatic nitrogens is 1. The SMILES string of the molecule is CN(C)c1c(N[C@@H](Cc2ccc(C(=O)Nc3c(Cl)cncc3Cl)cc2)C(=O)O)c(=O)c1=O. The molecule has 9 nitrogen and oxygen atoms in total. The van der Waals surface area contributed by atoms with Crippen molar-refractivity contribution >= 4 is 52.1 Å². The van der Waals surface area contributed by atoms with Gasteiger partial charge in [0.25, 0.3) is 16.8 Å². The second kappa shape index (κ2) is 9.37. The predicted octanol–water partition coefficient (Wildman–Crippen LogP) is 2.41. The molecule has 3 aromatic rings. The highest BCUT2D eigenvalue weighted by Gasteiger charge is 2.27. The van der Waals surface area contributed by atoms with E-state index >= 15 is 0 Å². The van der Waals surface area contributed by atoms with Crippen molar-refractivity contribution < 1.29 is 14.7 Å². The summed E-state index contributed by atoms with van der Waals surface area (Å²) in [4.78, 5) is 53.0. The van der Waals surface area contributed by atoms with Crippen LogP contribution in [-0.4, -0.2) is 42.1 Å². The number of aliphatic carboxylic acids is 1. The van der Waals surface area contributed by atoms with E-state index in [4.69, 9.17) is 23.2 Å². The molecule has 0 aliphatic heterocycles. The van der Waals surface area contributed by atoms with Crippen LogP contribution in [0, 0.1) is 0 Å². The minimum Gasteiger partial charge on any atom is -0.480 e. The summed E-state index contributed by atoms with van der Waals surface area (Å²) in [5.41, 5.74) is -0.151. The fourth-order valence-corrected chi connectivity index (χ4v) is 3.52. The Bertz CT molecular complexity index is 1230. The third-order valence-electron chi connectivity index (χ3n) is 4.70. The summed E-state index contributed by atoms with van der Waals surface area (Å²) in [6.45, 7) is 0. The third-order valence-corrected chi connectivity index (χ3v) is 5.27. The normalized spacial score (nSPS) is 11.8. The number of carbonyl (C=O) groups excluding carboxylic acids is 1. The summed E-state index contributed by atoms with van der Waals surface area (Å²) >= 11 is 12.0. The highest BCUT2D eigenvalue weighted by molar-refractivity contribution is 6.39. The van der Waals surface area contributed by atoms with Crippen LogP contribution in [0.5, 0.6) is 0 Å². The van der Waals surface area contributed by atoms with Crippen LogP contribution in [-0.2, 0) is 11.2 Å². The highest BCUT2D eigenvalue weighted by Crippen LogP contribution is 2.29. The summed E-state index contributed by atoms with van der Waals surface area (Å²) in [7, 11) is 3.18. The van der Waals surface area contributed by atoms with Crippen LogP contribution < -0.4 is 26.4 Å². The summed E-state index contributed by atoms with van der Waals surface area (Å²) in [5, 5.41) is 15.2. The Labute approximate surface area is 192 Å². The molecule has 3 N–H and O–H groups in total. The summed E-state index contributed by atoms with van der Waals surface area (Å²) in [6.07, 6.45) is 2.72. The average Bonchev–Trinajstić information content (AvgIpc) is 2.74. The molecule has 1 atom stereocenters. The summed E-state index contributed by atoms with van der Waals surface area (Å²) in [6, 6.07) is 5.09. The van der Waals surface area contributed by atoms with Crippen LogP contribution in [0.3, 0.4) is 0 Å². The highest BCUT2D eigenvalue weighted by atomic mass is 35.5. The first kappa shape index (κ1) is 23.2. The van der Waals surface area contributed by atoms with Gasteiger partial charge in [-0.1, -0.05) is 35.3 Å². The lowest BCUT2D eigenvalue weighted by Gasteiger charge is -2.22. The number of carboxylic acids is 1. The molecule has 0 spiro atoms. The molecule has 0 fully saturated rings. The monoisotopic (exact) mass is 476 g/mol. The third kappa shape index (κ3) is 4.74. The molecular formula is C21H18Cl2N4O5. The quantitative estimate of drug-likeness (QED) is 0.422. The van der Waals surface area contributed by atoms with E-state index in [1.54, 1.807) is 26.2 Å². The van der Waals surface area contributed by atoms with E-state index in [0.717, 1.165) is 0 Å². The molecule has 11 heteroatoms. The van der Waals surface area contributed by atoms with Crippen LogP contribution in [0.25, 0.3) is 0 Å². The molecule has 1 amide bonds. The minimum absolute atomic E-state index is 0.0188. The van der Waals surface area contributed by atoms with Gasteiger partial charge in [0.05, 0.1) is 15.7 Å². The number of benzene rings is 1. The average molecular weight is 477 g/mol.